The van der Waals surface area contributed by atoms with E-state index in [2.05, 4.69) is 17.6 Å². The number of nitrogens with one attached hydrogen (secondary N) is 2. The Morgan fingerprint density at radius 2 is 2.12 bits per heavy atom. The van der Waals surface area contributed by atoms with Gasteiger partial charge in [-0.3, -0.25) is 4.79 Å². The Morgan fingerprint density at radius 1 is 1.29 bits per heavy atom. The van der Waals surface area contributed by atoms with Crippen molar-refractivity contribution in [3.63, 3.8) is 0 Å². The van der Waals surface area contributed by atoms with Crippen LogP contribution in [0.1, 0.15) is 52.3 Å². The zero-order valence-electron chi connectivity index (χ0n) is 13.3. The molecule has 0 radical (unpaired) electrons. The Labute approximate surface area is 155 Å². The van der Waals surface area contributed by atoms with Crippen molar-refractivity contribution >= 4 is 45.4 Å². The van der Waals surface area contributed by atoms with E-state index in [4.69, 9.17) is 23.2 Å². The number of thiophene rings is 1. The van der Waals surface area contributed by atoms with Crippen LogP contribution in [0, 0.1) is 5.92 Å². The quantitative estimate of drug-likeness (QED) is 0.729. The lowest BCUT2D eigenvalue weighted by Crippen LogP contribution is -2.38. The molecular formula is C18H18Cl2N2OS. The second-order valence-corrected chi connectivity index (χ2v) is 8.39. The van der Waals surface area contributed by atoms with Crippen molar-refractivity contribution in [1.82, 2.24) is 5.32 Å². The number of hydrogen-bond acceptors (Lipinski definition) is 3. The maximum atomic E-state index is 12.7. The zero-order chi connectivity index (χ0) is 16.8. The first-order chi connectivity index (χ1) is 11.6. The van der Waals surface area contributed by atoms with Gasteiger partial charge in [-0.05, 0) is 42.9 Å². The van der Waals surface area contributed by atoms with Gasteiger partial charge in [0.25, 0.3) is 5.91 Å². The normalized spacial score (nSPS) is 22.4. The van der Waals surface area contributed by atoms with Crippen molar-refractivity contribution in [3.8, 4) is 0 Å². The van der Waals surface area contributed by atoms with Crippen molar-refractivity contribution in [2.45, 2.75) is 38.8 Å². The average molecular weight is 381 g/mol. The van der Waals surface area contributed by atoms with Gasteiger partial charge in [-0.15, -0.1) is 11.3 Å². The van der Waals surface area contributed by atoms with E-state index >= 15 is 0 Å². The maximum Gasteiger partial charge on any atom is 0.256 e. The molecule has 126 valence electrons. The zero-order valence-corrected chi connectivity index (χ0v) is 15.6. The minimum atomic E-state index is -0.322. The molecule has 2 N–H and O–H groups in total. The molecule has 0 bridgehead atoms. The van der Waals surface area contributed by atoms with Gasteiger partial charge in [-0.25, -0.2) is 0 Å². The monoisotopic (exact) mass is 380 g/mol. The Morgan fingerprint density at radius 3 is 2.88 bits per heavy atom. The Balaban J connectivity index is 1.68. The molecule has 0 unspecified atom stereocenters. The Kier molecular flexibility index (Phi) is 4.23. The van der Waals surface area contributed by atoms with Crippen LogP contribution in [-0.2, 0) is 12.8 Å². The third-order valence-electron chi connectivity index (χ3n) is 5.00. The van der Waals surface area contributed by atoms with E-state index < -0.39 is 0 Å². The lowest BCUT2D eigenvalue weighted by atomic mass is 9.85. The van der Waals surface area contributed by atoms with E-state index in [-0.39, 0.29) is 12.1 Å². The topological polar surface area (TPSA) is 41.1 Å². The number of carbonyl (C=O) groups is 1. The summed E-state index contributed by atoms with van der Waals surface area (Å²) < 4.78 is 0. The van der Waals surface area contributed by atoms with Crippen molar-refractivity contribution in [2.24, 2.45) is 5.92 Å². The molecule has 1 amide bonds. The van der Waals surface area contributed by atoms with Crippen molar-refractivity contribution in [3.05, 3.63) is 49.8 Å². The first-order valence-electron chi connectivity index (χ1n) is 8.23. The summed E-state index contributed by atoms with van der Waals surface area (Å²) in [5.74, 6) is 0.731. The minimum absolute atomic E-state index is 0.00721. The SMILES string of the molecule is CC[C@@H]1CCc2c(sc3c2C(=O)N[C@@H](c2ccc(Cl)cc2Cl)N3)C1. The first kappa shape index (κ1) is 16.2. The fourth-order valence-corrected chi connectivity index (χ4v) is 5.51. The Bertz CT molecular complexity index is 818. The largest absolute Gasteiger partial charge is 0.353 e. The van der Waals surface area contributed by atoms with Gasteiger partial charge in [0.05, 0.1) is 5.56 Å². The van der Waals surface area contributed by atoms with Gasteiger partial charge in [0.1, 0.15) is 11.2 Å². The second-order valence-electron chi connectivity index (χ2n) is 6.44. The standard InChI is InChI=1S/C18H18Cl2N2OS/c1-2-9-3-5-12-14(7-9)24-18-15(12)17(23)21-16(22-18)11-6-4-10(19)8-13(11)20/h4,6,8-9,16,22H,2-3,5,7H2,1H3,(H,21,23)/t9-,16-/m1/s1. The smallest absolute Gasteiger partial charge is 0.256 e. The molecule has 2 aromatic rings. The molecule has 0 saturated carbocycles. The van der Waals surface area contributed by atoms with Crippen LogP contribution >= 0.6 is 34.5 Å². The summed E-state index contributed by atoms with van der Waals surface area (Å²) in [7, 11) is 0. The summed E-state index contributed by atoms with van der Waals surface area (Å²) in [5, 5.41) is 8.60. The number of benzene rings is 1. The van der Waals surface area contributed by atoms with E-state index in [0.717, 1.165) is 34.9 Å². The second kappa shape index (κ2) is 6.25. The molecule has 1 aliphatic heterocycles. The highest BCUT2D eigenvalue weighted by Crippen LogP contribution is 2.43. The molecule has 6 heteroatoms. The average Bonchev–Trinajstić information content (AvgIpc) is 2.92. The molecule has 2 atom stereocenters. The summed E-state index contributed by atoms with van der Waals surface area (Å²) in [6.45, 7) is 2.24. The molecule has 24 heavy (non-hydrogen) atoms. The summed E-state index contributed by atoms with van der Waals surface area (Å²) in [6, 6.07) is 5.35. The highest BCUT2D eigenvalue weighted by molar-refractivity contribution is 7.16. The number of rotatable bonds is 2. The van der Waals surface area contributed by atoms with E-state index in [1.807, 2.05) is 6.07 Å². The summed E-state index contributed by atoms with van der Waals surface area (Å²) in [5.41, 5.74) is 2.91. The van der Waals surface area contributed by atoms with Gasteiger partial charge >= 0.3 is 0 Å². The van der Waals surface area contributed by atoms with Crippen LogP contribution in [0.2, 0.25) is 10.0 Å². The molecule has 1 aromatic heterocycles. The Hall–Kier alpha value is -1.23. The summed E-state index contributed by atoms with van der Waals surface area (Å²) in [4.78, 5) is 14.1. The highest BCUT2D eigenvalue weighted by atomic mass is 35.5. The fourth-order valence-electron chi connectivity index (χ4n) is 3.61. The van der Waals surface area contributed by atoms with Crippen LogP contribution in [0.15, 0.2) is 18.2 Å². The van der Waals surface area contributed by atoms with Gasteiger partial charge in [-0.1, -0.05) is 42.6 Å². The number of carbonyl (C=O) groups excluding carboxylic acids is 1. The lowest BCUT2D eigenvalue weighted by molar-refractivity contribution is 0.0935. The minimum Gasteiger partial charge on any atom is -0.353 e. The maximum absolute atomic E-state index is 12.7. The number of hydrogen-bond donors (Lipinski definition) is 2. The first-order valence-corrected chi connectivity index (χ1v) is 9.81. The molecule has 2 aliphatic rings. The van der Waals surface area contributed by atoms with Gasteiger partial charge in [-0.2, -0.15) is 0 Å². The van der Waals surface area contributed by atoms with E-state index in [9.17, 15) is 4.79 Å². The number of fused-ring (bicyclic) bond motifs is 3. The van der Waals surface area contributed by atoms with Crippen molar-refractivity contribution in [2.75, 3.05) is 5.32 Å². The molecule has 2 heterocycles. The van der Waals surface area contributed by atoms with Crippen LogP contribution in [0.4, 0.5) is 5.00 Å². The van der Waals surface area contributed by atoms with E-state index in [1.165, 1.54) is 23.3 Å². The fraction of sp³-hybridized carbons (Fsp3) is 0.389. The van der Waals surface area contributed by atoms with Crippen LogP contribution in [-0.4, -0.2) is 5.91 Å². The van der Waals surface area contributed by atoms with Crippen LogP contribution in [0.3, 0.4) is 0 Å². The molecular weight excluding hydrogens is 363 g/mol. The predicted molar refractivity (Wildman–Crippen MR) is 100 cm³/mol. The third kappa shape index (κ3) is 2.71. The van der Waals surface area contributed by atoms with Crippen molar-refractivity contribution < 1.29 is 4.79 Å². The molecule has 3 nitrogen and oxygen atoms in total. The summed E-state index contributed by atoms with van der Waals surface area (Å²) in [6.07, 6.45) is 4.14. The van der Waals surface area contributed by atoms with Crippen LogP contribution < -0.4 is 10.6 Å². The summed E-state index contributed by atoms with van der Waals surface area (Å²) >= 11 is 14.0. The predicted octanol–water partition coefficient (Wildman–Crippen LogP) is 5.42. The molecule has 0 fully saturated rings. The number of anilines is 1. The van der Waals surface area contributed by atoms with Crippen LogP contribution in [0.25, 0.3) is 0 Å². The highest BCUT2D eigenvalue weighted by Gasteiger charge is 2.33. The van der Waals surface area contributed by atoms with E-state index in [0.29, 0.717) is 10.0 Å². The van der Waals surface area contributed by atoms with Crippen molar-refractivity contribution in [1.29, 1.82) is 0 Å². The van der Waals surface area contributed by atoms with Gasteiger partial charge in [0.2, 0.25) is 0 Å². The molecule has 1 aromatic carbocycles. The third-order valence-corrected chi connectivity index (χ3v) is 6.74. The lowest BCUT2D eigenvalue weighted by Gasteiger charge is -2.27. The van der Waals surface area contributed by atoms with Crippen LogP contribution in [0.5, 0.6) is 0 Å². The molecule has 1 aliphatic carbocycles. The van der Waals surface area contributed by atoms with Gasteiger partial charge in [0, 0.05) is 20.5 Å². The molecule has 0 spiro atoms. The molecule has 4 rings (SSSR count). The molecule has 0 saturated heterocycles. The van der Waals surface area contributed by atoms with Gasteiger partial charge < -0.3 is 10.6 Å². The van der Waals surface area contributed by atoms with Gasteiger partial charge in [0.15, 0.2) is 0 Å². The number of halogens is 2. The number of amides is 1. The van der Waals surface area contributed by atoms with E-state index in [1.54, 1.807) is 23.5 Å².